The van der Waals surface area contributed by atoms with Crippen molar-refractivity contribution < 1.29 is 13.9 Å². The van der Waals surface area contributed by atoms with Crippen LogP contribution in [0.15, 0.2) is 18.2 Å². The summed E-state index contributed by atoms with van der Waals surface area (Å²) in [7, 11) is 0. The molecule has 0 spiro atoms. The van der Waals surface area contributed by atoms with Crippen LogP contribution in [0.3, 0.4) is 0 Å². The van der Waals surface area contributed by atoms with E-state index in [0.717, 1.165) is 12.1 Å². The molecule has 1 aromatic rings. The molecule has 1 aromatic carbocycles. The Balaban J connectivity index is 1.90. The standard InChI is InChI=1S/C15H22FN3O2/c1-2-17-11-15(20)18-10-12-3-4-14(13(16)9-12)19-5-7-21-8-6-19/h3-4,9,17H,2,5-8,10-11H2,1H3,(H,18,20). The lowest BCUT2D eigenvalue weighted by Crippen LogP contribution is -2.36. The molecule has 21 heavy (non-hydrogen) atoms. The van der Waals surface area contributed by atoms with Crippen molar-refractivity contribution in [1.82, 2.24) is 10.6 Å². The number of carbonyl (C=O) groups is 1. The number of halogens is 1. The molecule has 1 heterocycles. The Morgan fingerprint density at radius 2 is 2.14 bits per heavy atom. The van der Waals surface area contributed by atoms with Gasteiger partial charge in [0.2, 0.25) is 5.91 Å². The van der Waals surface area contributed by atoms with Gasteiger partial charge in [0, 0.05) is 19.6 Å². The molecule has 2 rings (SSSR count). The van der Waals surface area contributed by atoms with Gasteiger partial charge in [0.1, 0.15) is 5.82 Å². The molecule has 2 N–H and O–H groups in total. The van der Waals surface area contributed by atoms with Crippen LogP contribution < -0.4 is 15.5 Å². The van der Waals surface area contributed by atoms with Gasteiger partial charge in [0.25, 0.3) is 0 Å². The summed E-state index contributed by atoms with van der Waals surface area (Å²) in [4.78, 5) is 13.5. The quantitative estimate of drug-likeness (QED) is 0.818. The van der Waals surface area contributed by atoms with Gasteiger partial charge < -0.3 is 20.3 Å². The molecule has 1 aliphatic heterocycles. The van der Waals surface area contributed by atoms with Gasteiger partial charge in [-0.2, -0.15) is 0 Å². The first-order chi connectivity index (χ1) is 10.2. The molecule has 5 nitrogen and oxygen atoms in total. The van der Waals surface area contributed by atoms with Crippen molar-refractivity contribution >= 4 is 11.6 Å². The van der Waals surface area contributed by atoms with Crippen LogP contribution in [0.2, 0.25) is 0 Å². The summed E-state index contributed by atoms with van der Waals surface area (Å²) in [5, 5.41) is 5.70. The highest BCUT2D eigenvalue weighted by Gasteiger charge is 2.15. The number of carbonyl (C=O) groups excluding carboxylic acids is 1. The van der Waals surface area contributed by atoms with Crippen LogP contribution in [0.4, 0.5) is 10.1 Å². The van der Waals surface area contributed by atoms with E-state index in [1.807, 2.05) is 17.9 Å². The van der Waals surface area contributed by atoms with Crippen molar-refractivity contribution in [3.8, 4) is 0 Å². The average Bonchev–Trinajstić information content (AvgIpc) is 2.52. The summed E-state index contributed by atoms with van der Waals surface area (Å²) in [6.07, 6.45) is 0. The van der Waals surface area contributed by atoms with E-state index >= 15 is 0 Å². The Morgan fingerprint density at radius 1 is 1.38 bits per heavy atom. The summed E-state index contributed by atoms with van der Waals surface area (Å²) in [6, 6.07) is 5.10. The van der Waals surface area contributed by atoms with E-state index in [2.05, 4.69) is 10.6 Å². The lowest BCUT2D eigenvalue weighted by atomic mass is 10.1. The highest BCUT2D eigenvalue weighted by atomic mass is 19.1. The lowest BCUT2D eigenvalue weighted by molar-refractivity contribution is -0.120. The van der Waals surface area contributed by atoms with Crippen molar-refractivity contribution in [1.29, 1.82) is 0 Å². The largest absolute Gasteiger partial charge is 0.378 e. The molecular weight excluding hydrogens is 273 g/mol. The van der Waals surface area contributed by atoms with Crippen molar-refractivity contribution in [2.45, 2.75) is 13.5 Å². The van der Waals surface area contributed by atoms with E-state index in [4.69, 9.17) is 4.74 Å². The Bertz CT molecular complexity index is 476. The number of likely N-dealkylation sites (N-methyl/N-ethyl adjacent to an activating group) is 1. The molecule has 6 heteroatoms. The molecular formula is C15H22FN3O2. The van der Waals surface area contributed by atoms with E-state index in [-0.39, 0.29) is 18.3 Å². The van der Waals surface area contributed by atoms with Gasteiger partial charge in [-0.05, 0) is 24.2 Å². The number of amides is 1. The van der Waals surface area contributed by atoms with Gasteiger partial charge in [0.15, 0.2) is 0 Å². The third-order valence-corrected chi connectivity index (χ3v) is 3.39. The Hall–Kier alpha value is -1.66. The van der Waals surface area contributed by atoms with E-state index < -0.39 is 0 Å². The average molecular weight is 295 g/mol. The van der Waals surface area contributed by atoms with Crippen molar-refractivity contribution in [2.24, 2.45) is 0 Å². The number of ether oxygens (including phenoxy) is 1. The first kappa shape index (κ1) is 15.7. The van der Waals surface area contributed by atoms with Gasteiger partial charge in [-0.3, -0.25) is 4.79 Å². The minimum absolute atomic E-state index is 0.0884. The topological polar surface area (TPSA) is 53.6 Å². The summed E-state index contributed by atoms with van der Waals surface area (Å²) < 4.78 is 19.4. The predicted molar refractivity (Wildman–Crippen MR) is 79.8 cm³/mol. The zero-order valence-corrected chi connectivity index (χ0v) is 12.3. The fourth-order valence-electron chi connectivity index (χ4n) is 2.22. The lowest BCUT2D eigenvalue weighted by Gasteiger charge is -2.29. The molecule has 0 atom stereocenters. The maximum Gasteiger partial charge on any atom is 0.234 e. The summed E-state index contributed by atoms with van der Waals surface area (Å²) in [5.41, 5.74) is 1.36. The zero-order valence-electron chi connectivity index (χ0n) is 12.3. The number of rotatable bonds is 6. The first-order valence-electron chi connectivity index (χ1n) is 7.29. The Labute approximate surface area is 124 Å². The summed E-state index contributed by atoms with van der Waals surface area (Å²) in [5.74, 6) is -0.343. The van der Waals surface area contributed by atoms with Crippen LogP contribution in [0.25, 0.3) is 0 Å². The van der Waals surface area contributed by atoms with E-state index in [1.165, 1.54) is 6.07 Å². The molecule has 116 valence electrons. The van der Waals surface area contributed by atoms with Crippen molar-refractivity contribution in [3.63, 3.8) is 0 Å². The molecule has 0 aromatic heterocycles. The van der Waals surface area contributed by atoms with Crippen LogP contribution >= 0.6 is 0 Å². The summed E-state index contributed by atoms with van der Waals surface area (Å²) in [6.45, 7) is 5.97. The normalized spacial score (nSPS) is 15.0. The zero-order chi connectivity index (χ0) is 15.1. The monoisotopic (exact) mass is 295 g/mol. The van der Waals surface area contributed by atoms with Crippen LogP contribution in [0.5, 0.6) is 0 Å². The fraction of sp³-hybridized carbons (Fsp3) is 0.533. The van der Waals surface area contributed by atoms with E-state index in [0.29, 0.717) is 38.5 Å². The molecule has 0 unspecified atom stereocenters. The summed E-state index contributed by atoms with van der Waals surface area (Å²) >= 11 is 0. The van der Waals surface area contributed by atoms with Crippen LogP contribution in [0, 0.1) is 5.82 Å². The molecule has 1 saturated heterocycles. The van der Waals surface area contributed by atoms with Gasteiger partial charge in [-0.25, -0.2) is 4.39 Å². The molecule has 0 radical (unpaired) electrons. The Kier molecular flexibility index (Phi) is 5.95. The molecule has 0 aliphatic carbocycles. The second-order valence-electron chi connectivity index (χ2n) is 4.94. The number of anilines is 1. The van der Waals surface area contributed by atoms with Crippen LogP contribution in [0.1, 0.15) is 12.5 Å². The highest BCUT2D eigenvalue weighted by molar-refractivity contribution is 5.77. The Morgan fingerprint density at radius 3 is 2.81 bits per heavy atom. The number of morpholine rings is 1. The SMILES string of the molecule is CCNCC(=O)NCc1ccc(N2CCOCC2)c(F)c1. The molecule has 1 aliphatic rings. The number of nitrogens with one attached hydrogen (secondary N) is 2. The van der Waals surface area contributed by atoms with E-state index in [9.17, 15) is 9.18 Å². The maximum absolute atomic E-state index is 14.2. The first-order valence-corrected chi connectivity index (χ1v) is 7.29. The predicted octanol–water partition coefficient (Wildman–Crippen LogP) is 0.888. The molecule has 1 amide bonds. The minimum atomic E-state index is -0.254. The smallest absolute Gasteiger partial charge is 0.234 e. The number of hydrogen-bond acceptors (Lipinski definition) is 4. The van der Waals surface area contributed by atoms with Crippen molar-refractivity contribution in [3.05, 3.63) is 29.6 Å². The van der Waals surface area contributed by atoms with Gasteiger partial charge in [-0.15, -0.1) is 0 Å². The third-order valence-electron chi connectivity index (χ3n) is 3.39. The van der Waals surface area contributed by atoms with Gasteiger partial charge >= 0.3 is 0 Å². The molecule has 0 saturated carbocycles. The third kappa shape index (κ3) is 4.68. The van der Waals surface area contributed by atoms with Crippen molar-refractivity contribution in [2.75, 3.05) is 44.3 Å². The highest BCUT2D eigenvalue weighted by Crippen LogP contribution is 2.21. The second kappa shape index (κ2) is 7.95. The van der Waals surface area contributed by atoms with Crippen LogP contribution in [-0.4, -0.2) is 45.3 Å². The number of hydrogen-bond donors (Lipinski definition) is 2. The number of nitrogens with zero attached hydrogens (tertiary/aromatic N) is 1. The second-order valence-corrected chi connectivity index (χ2v) is 4.94. The molecule has 1 fully saturated rings. The minimum Gasteiger partial charge on any atom is -0.378 e. The van der Waals surface area contributed by atoms with Crippen LogP contribution in [-0.2, 0) is 16.1 Å². The van der Waals surface area contributed by atoms with Gasteiger partial charge in [0.05, 0.1) is 25.4 Å². The van der Waals surface area contributed by atoms with Gasteiger partial charge in [-0.1, -0.05) is 13.0 Å². The van der Waals surface area contributed by atoms with E-state index in [1.54, 1.807) is 6.07 Å². The molecule has 0 bridgehead atoms. The number of benzene rings is 1. The fourth-order valence-corrected chi connectivity index (χ4v) is 2.22. The maximum atomic E-state index is 14.2.